The van der Waals surface area contributed by atoms with Crippen molar-refractivity contribution in [3.63, 3.8) is 0 Å². The predicted octanol–water partition coefficient (Wildman–Crippen LogP) is 3.28. The molecule has 1 amide bonds. The highest BCUT2D eigenvalue weighted by Crippen LogP contribution is 2.30. The molecule has 0 unspecified atom stereocenters. The van der Waals surface area contributed by atoms with E-state index in [9.17, 15) is 13.6 Å². The maximum Gasteiger partial charge on any atom is 0.281 e. The first-order chi connectivity index (χ1) is 10.1. The lowest BCUT2D eigenvalue weighted by molar-refractivity contribution is 0.0959. The first-order valence-electron chi connectivity index (χ1n) is 6.53. The van der Waals surface area contributed by atoms with Crippen LogP contribution in [0.3, 0.4) is 0 Å². The molecular formula is C15H12F2N2OS. The Morgan fingerprint density at radius 3 is 2.86 bits per heavy atom. The number of hydrogen-bond acceptors (Lipinski definition) is 3. The maximum atomic E-state index is 13.0. The molecule has 1 N–H and O–H groups in total. The van der Waals surface area contributed by atoms with Gasteiger partial charge in [0.25, 0.3) is 5.91 Å². The van der Waals surface area contributed by atoms with E-state index in [2.05, 4.69) is 10.5 Å². The number of aryl methyl sites for hydroxylation is 2. The summed E-state index contributed by atoms with van der Waals surface area (Å²) < 4.78 is 25.8. The van der Waals surface area contributed by atoms with Crippen LogP contribution in [-0.2, 0) is 12.8 Å². The summed E-state index contributed by atoms with van der Waals surface area (Å²) in [5, 5.41) is 3.76. The zero-order valence-corrected chi connectivity index (χ0v) is 11.8. The van der Waals surface area contributed by atoms with Crippen molar-refractivity contribution in [2.24, 2.45) is 5.10 Å². The highest BCUT2D eigenvalue weighted by atomic mass is 32.1. The number of carbonyl (C=O) groups excluding carboxylic acids is 1. The third-order valence-electron chi connectivity index (χ3n) is 3.29. The SMILES string of the molecule is O=C(N/N=C\c1ccc(F)c(F)c1)c1cc2c(s1)CCC2. The minimum absolute atomic E-state index is 0.284. The number of halogens is 2. The molecule has 1 aliphatic carbocycles. The van der Waals surface area contributed by atoms with Crippen LogP contribution in [0, 0.1) is 11.6 Å². The Kier molecular flexibility index (Phi) is 3.79. The van der Waals surface area contributed by atoms with Crippen molar-refractivity contribution in [3.8, 4) is 0 Å². The minimum atomic E-state index is -0.944. The fourth-order valence-electron chi connectivity index (χ4n) is 2.25. The Hall–Kier alpha value is -2.08. The van der Waals surface area contributed by atoms with E-state index < -0.39 is 11.6 Å². The van der Waals surface area contributed by atoms with Gasteiger partial charge in [0.15, 0.2) is 11.6 Å². The molecule has 1 aromatic carbocycles. The van der Waals surface area contributed by atoms with Crippen LogP contribution in [0.25, 0.3) is 0 Å². The van der Waals surface area contributed by atoms with Crippen LogP contribution in [0.5, 0.6) is 0 Å². The number of hydrogen-bond donors (Lipinski definition) is 1. The number of thiophene rings is 1. The van der Waals surface area contributed by atoms with Crippen LogP contribution < -0.4 is 5.43 Å². The summed E-state index contributed by atoms with van der Waals surface area (Å²) >= 11 is 1.49. The molecule has 0 fully saturated rings. The quantitative estimate of drug-likeness (QED) is 0.686. The molecule has 3 nitrogen and oxygen atoms in total. The number of nitrogens with one attached hydrogen (secondary N) is 1. The number of nitrogens with zero attached hydrogens (tertiary/aromatic N) is 1. The molecule has 0 saturated heterocycles. The second-order valence-electron chi connectivity index (χ2n) is 4.79. The largest absolute Gasteiger partial charge is 0.281 e. The lowest BCUT2D eigenvalue weighted by Gasteiger charge is -1.97. The molecule has 1 heterocycles. The summed E-state index contributed by atoms with van der Waals surface area (Å²) in [6.07, 6.45) is 4.49. The fraction of sp³-hybridized carbons (Fsp3) is 0.200. The van der Waals surface area contributed by atoms with Crippen molar-refractivity contribution >= 4 is 23.5 Å². The van der Waals surface area contributed by atoms with Crippen molar-refractivity contribution in [2.75, 3.05) is 0 Å². The molecule has 0 radical (unpaired) electrons. The molecule has 6 heteroatoms. The molecule has 1 aliphatic rings. The van der Waals surface area contributed by atoms with Gasteiger partial charge in [-0.15, -0.1) is 11.3 Å². The third kappa shape index (κ3) is 3.00. The van der Waals surface area contributed by atoms with Gasteiger partial charge in [-0.25, -0.2) is 14.2 Å². The maximum absolute atomic E-state index is 13.0. The van der Waals surface area contributed by atoms with Gasteiger partial charge in [-0.1, -0.05) is 6.07 Å². The Balaban J connectivity index is 1.64. The van der Waals surface area contributed by atoms with Crippen LogP contribution in [-0.4, -0.2) is 12.1 Å². The molecule has 1 aromatic heterocycles. The predicted molar refractivity (Wildman–Crippen MR) is 77.8 cm³/mol. The molecule has 108 valence electrons. The summed E-state index contributed by atoms with van der Waals surface area (Å²) in [7, 11) is 0. The van der Waals surface area contributed by atoms with Gasteiger partial charge in [-0.05, 0) is 48.6 Å². The normalized spacial score (nSPS) is 13.6. The Labute approximate surface area is 124 Å². The molecular weight excluding hydrogens is 294 g/mol. The van der Waals surface area contributed by atoms with Gasteiger partial charge in [0.2, 0.25) is 0 Å². The first-order valence-corrected chi connectivity index (χ1v) is 7.35. The Morgan fingerprint density at radius 1 is 1.24 bits per heavy atom. The third-order valence-corrected chi connectivity index (χ3v) is 4.53. The smallest absolute Gasteiger partial charge is 0.266 e. The zero-order chi connectivity index (χ0) is 14.8. The second kappa shape index (κ2) is 5.73. The van der Waals surface area contributed by atoms with E-state index in [-0.39, 0.29) is 5.91 Å². The van der Waals surface area contributed by atoms with Gasteiger partial charge >= 0.3 is 0 Å². The summed E-state index contributed by atoms with van der Waals surface area (Å²) in [4.78, 5) is 13.8. The monoisotopic (exact) mass is 306 g/mol. The zero-order valence-electron chi connectivity index (χ0n) is 11.0. The molecule has 0 atom stereocenters. The van der Waals surface area contributed by atoms with Gasteiger partial charge in [0.05, 0.1) is 11.1 Å². The minimum Gasteiger partial charge on any atom is -0.266 e. The first kappa shape index (κ1) is 13.9. The van der Waals surface area contributed by atoms with Crippen LogP contribution in [0.15, 0.2) is 29.4 Å². The van der Waals surface area contributed by atoms with Gasteiger partial charge in [0, 0.05) is 4.88 Å². The van der Waals surface area contributed by atoms with Gasteiger partial charge in [-0.2, -0.15) is 5.10 Å². The number of hydrazone groups is 1. The molecule has 21 heavy (non-hydrogen) atoms. The number of benzene rings is 1. The lowest BCUT2D eigenvalue weighted by Crippen LogP contribution is -2.16. The number of fused-ring (bicyclic) bond motifs is 1. The molecule has 0 spiro atoms. The summed E-state index contributed by atoms with van der Waals surface area (Å²) in [5.74, 6) is -2.14. The number of amides is 1. The molecule has 0 aliphatic heterocycles. The van der Waals surface area contributed by atoms with Gasteiger partial charge in [0.1, 0.15) is 0 Å². The Morgan fingerprint density at radius 2 is 2.10 bits per heavy atom. The van der Waals surface area contributed by atoms with Gasteiger partial charge in [-0.3, -0.25) is 4.79 Å². The highest BCUT2D eigenvalue weighted by molar-refractivity contribution is 7.14. The van der Waals surface area contributed by atoms with Crippen LogP contribution in [0.4, 0.5) is 8.78 Å². The van der Waals surface area contributed by atoms with Crippen LogP contribution in [0.1, 0.15) is 32.1 Å². The van der Waals surface area contributed by atoms with Crippen molar-refractivity contribution in [2.45, 2.75) is 19.3 Å². The second-order valence-corrected chi connectivity index (χ2v) is 5.92. The standard InChI is InChI=1S/C15H12F2N2OS/c16-11-5-4-9(6-12(11)17)8-18-19-15(20)14-7-10-2-1-3-13(10)21-14/h4-8H,1-3H2,(H,19,20)/b18-8-. The Bertz CT molecular complexity index is 703. The topological polar surface area (TPSA) is 41.5 Å². The number of rotatable bonds is 3. The van der Waals surface area contributed by atoms with E-state index in [1.54, 1.807) is 0 Å². The van der Waals surface area contributed by atoms with Crippen molar-refractivity contribution in [1.82, 2.24) is 5.43 Å². The van der Waals surface area contributed by atoms with Crippen molar-refractivity contribution < 1.29 is 13.6 Å². The average Bonchev–Trinajstić information content (AvgIpc) is 3.03. The van der Waals surface area contributed by atoms with Crippen molar-refractivity contribution in [1.29, 1.82) is 0 Å². The lowest BCUT2D eigenvalue weighted by atomic mass is 10.2. The van der Waals surface area contributed by atoms with E-state index in [0.717, 1.165) is 31.4 Å². The average molecular weight is 306 g/mol. The van der Waals surface area contributed by atoms with E-state index in [4.69, 9.17) is 0 Å². The molecule has 2 aromatic rings. The molecule has 3 rings (SSSR count). The van der Waals surface area contributed by atoms with E-state index in [0.29, 0.717) is 10.4 Å². The van der Waals surface area contributed by atoms with E-state index in [1.807, 2.05) is 6.07 Å². The van der Waals surface area contributed by atoms with Gasteiger partial charge < -0.3 is 0 Å². The summed E-state index contributed by atoms with van der Waals surface area (Å²) in [6, 6.07) is 5.32. The van der Waals surface area contributed by atoms with Crippen LogP contribution >= 0.6 is 11.3 Å². The fourth-order valence-corrected chi connectivity index (χ4v) is 3.40. The number of carbonyl (C=O) groups is 1. The molecule has 0 saturated carbocycles. The van der Waals surface area contributed by atoms with Crippen molar-refractivity contribution in [3.05, 3.63) is 56.8 Å². The van der Waals surface area contributed by atoms with E-state index >= 15 is 0 Å². The van der Waals surface area contributed by atoms with E-state index in [1.165, 1.54) is 34.1 Å². The molecule has 0 bridgehead atoms. The summed E-state index contributed by atoms with van der Waals surface area (Å²) in [6.45, 7) is 0. The summed E-state index contributed by atoms with van der Waals surface area (Å²) in [5.41, 5.74) is 4.02. The van der Waals surface area contributed by atoms with Crippen LogP contribution in [0.2, 0.25) is 0 Å². The highest BCUT2D eigenvalue weighted by Gasteiger charge is 2.18.